The van der Waals surface area contributed by atoms with Crippen LogP contribution in [0.4, 0.5) is 0 Å². The number of benzene rings is 1. The van der Waals surface area contributed by atoms with Crippen LogP contribution in [0.2, 0.25) is 0 Å². The van der Waals surface area contributed by atoms with Crippen LogP contribution >= 0.6 is 0 Å². The van der Waals surface area contributed by atoms with E-state index in [0.29, 0.717) is 5.92 Å². The first-order valence-electron chi connectivity index (χ1n) is 7.35. The van der Waals surface area contributed by atoms with E-state index < -0.39 is 0 Å². The summed E-state index contributed by atoms with van der Waals surface area (Å²) >= 11 is 0. The summed E-state index contributed by atoms with van der Waals surface area (Å²) in [6.45, 7) is 6.87. The Kier molecular flexibility index (Phi) is 2.03. The van der Waals surface area contributed by atoms with Crippen LogP contribution in [0.5, 0.6) is 0 Å². The zero-order valence-electron chi connectivity index (χ0n) is 11.9. The molecule has 2 unspecified atom stereocenters. The van der Waals surface area contributed by atoms with Crippen molar-refractivity contribution in [3.05, 3.63) is 35.9 Å². The molecule has 2 bridgehead atoms. The van der Waals surface area contributed by atoms with E-state index in [1.807, 2.05) is 6.07 Å². The molecule has 1 saturated heterocycles. The Morgan fingerprint density at radius 3 is 2.42 bits per heavy atom. The molecule has 2 saturated carbocycles. The lowest BCUT2D eigenvalue weighted by molar-refractivity contribution is -0.0224. The predicted octanol–water partition coefficient (Wildman–Crippen LogP) is 3.31. The number of epoxide rings is 1. The molecule has 1 heterocycles. The van der Waals surface area contributed by atoms with Crippen molar-refractivity contribution in [2.75, 3.05) is 0 Å². The molecule has 102 valence electrons. The van der Waals surface area contributed by atoms with E-state index in [-0.39, 0.29) is 28.6 Å². The maximum absolute atomic E-state index is 10.9. The first kappa shape index (κ1) is 11.9. The van der Waals surface area contributed by atoms with Gasteiger partial charge < -0.3 is 9.84 Å². The van der Waals surface area contributed by atoms with Gasteiger partial charge in [0, 0.05) is 5.41 Å². The molecule has 4 rings (SSSR count). The SMILES string of the molecule is CC1(C)[C@H]2CCC1(C)[C@@H](O)[C@]21OC1c1ccccc1. The minimum atomic E-state index is -0.334. The Labute approximate surface area is 114 Å². The number of aliphatic hydroxyl groups is 1. The van der Waals surface area contributed by atoms with Crippen LogP contribution in [-0.2, 0) is 4.74 Å². The van der Waals surface area contributed by atoms with E-state index in [4.69, 9.17) is 4.74 Å². The molecule has 0 amide bonds. The van der Waals surface area contributed by atoms with Gasteiger partial charge in [0.2, 0.25) is 0 Å². The van der Waals surface area contributed by atoms with Crippen molar-refractivity contribution in [3.63, 3.8) is 0 Å². The van der Waals surface area contributed by atoms with Gasteiger partial charge in [0.05, 0.1) is 6.10 Å². The summed E-state index contributed by atoms with van der Waals surface area (Å²) in [6.07, 6.45) is 2.07. The third-order valence-electron chi connectivity index (χ3n) is 6.65. The monoisotopic (exact) mass is 258 g/mol. The average molecular weight is 258 g/mol. The molecule has 19 heavy (non-hydrogen) atoms. The molecule has 1 aromatic carbocycles. The highest BCUT2D eigenvalue weighted by Crippen LogP contribution is 2.78. The minimum absolute atomic E-state index is 0.00119. The molecule has 2 nitrogen and oxygen atoms in total. The fourth-order valence-electron chi connectivity index (χ4n) is 5.09. The molecular formula is C17H22O2. The summed E-state index contributed by atoms with van der Waals surface area (Å²) in [7, 11) is 0. The van der Waals surface area contributed by atoms with Gasteiger partial charge in [0.15, 0.2) is 0 Å². The minimum Gasteiger partial charge on any atom is -0.389 e. The molecule has 2 heteroatoms. The Morgan fingerprint density at radius 2 is 1.84 bits per heavy atom. The topological polar surface area (TPSA) is 32.8 Å². The van der Waals surface area contributed by atoms with E-state index in [9.17, 15) is 5.11 Å². The lowest BCUT2D eigenvalue weighted by Gasteiger charge is -2.36. The Morgan fingerprint density at radius 1 is 1.16 bits per heavy atom. The Balaban J connectivity index is 1.76. The highest BCUT2D eigenvalue weighted by molar-refractivity contribution is 5.36. The fourth-order valence-corrected chi connectivity index (χ4v) is 5.09. The molecule has 1 aromatic rings. The predicted molar refractivity (Wildman–Crippen MR) is 73.6 cm³/mol. The normalized spacial score (nSPS) is 49.8. The Bertz CT molecular complexity index is 523. The van der Waals surface area contributed by atoms with E-state index in [0.717, 1.165) is 6.42 Å². The molecule has 1 spiro atoms. The average Bonchev–Trinajstić information content (AvgIpc) is 3.05. The van der Waals surface area contributed by atoms with Gasteiger partial charge in [-0.2, -0.15) is 0 Å². The molecule has 3 aliphatic rings. The lowest BCUT2D eigenvalue weighted by atomic mass is 9.70. The summed E-state index contributed by atoms with van der Waals surface area (Å²) in [5.41, 5.74) is 1.07. The summed E-state index contributed by atoms with van der Waals surface area (Å²) in [5, 5.41) is 10.9. The van der Waals surface area contributed by atoms with Crippen LogP contribution in [0.25, 0.3) is 0 Å². The van der Waals surface area contributed by atoms with Crippen LogP contribution in [-0.4, -0.2) is 16.8 Å². The molecule has 3 fully saturated rings. The van der Waals surface area contributed by atoms with Gasteiger partial charge in [-0.3, -0.25) is 0 Å². The maximum atomic E-state index is 10.9. The van der Waals surface area contributed by atoms with E-state index in [2.05, 4.69) is 45.0 Å². The standard InChI is InChI=1S/C17H22O2/c1-15(2)12-9-10-16(15,3)14(18)17(12)13(19-17)11-7-5-4-6-8-11/h4-8,12-14,18H,9-10H2,1-3H3/t12-,13?,14-,16?,17+/m1/s1. The maximum Gasteiger partial charge on any atom is 0.129 e. The van der Waals surface area contributed by atoms with E-state index in [1.165, 1.54) is 12.0 Å². The van der Waals surface area contributed by atoms with Gasteiger partial charge in [-0.1, -0.05) is 51.1 Å². The number of hydrogen-bond donors (Lipinski definition) is 1. The van der Waals surface area contributed by atoms with Gasteiger partial charge in [0.1, 0.15) is 11.7 Å². The number of fused-ring (bicyclic) bond motifs is 3. The third kappa shape index (κ3) is 1.12. The molecule has 0 radical (unpaired) electrons. The number of rotatable bonds is 1. The van der Waals surface area contributed by atoms with Crippen molar-refractivity contribution in [3.8, 4) is 0 Å². The van der Waals surface area contributed by atoms with Gasteiger partial charge in [-0.15, -0.1) is 0 Å². The van der Waals surface area contributed by atoms with Crippen molar-refractivity contribution in [1.82, 2.24) is 0 Å². The summed E-state index contributed by atoms with van der Waals surface area (Å²) < 4.78 is 6.15. The van der Waals surface area contributed by atoms with Crippen molar-refractivity contribution in [2.24, 2.45) is 16.7 Å². The largest absolute Gasteiger partial charge is 0.389 e. The highest BCUT2D eigenvalue weighted by Gasteiger charge is 2.82. The number of ether oxygens (including phenoxy) is 1. The van der Waals surface area contributed by atoms with E-state index in [1.54, 1.807) is 0 Å². The summed E-state index contributed by atoms with van der Waals surface area (Å²) in [4.78, 5) is 0. The lowest BCUT2D eigenvalue weighted by Crippen LogP contribution is -2.42. The second-order valence-electron chi connectivity index (χ2n) is 7.40. The van der Waals surface area contributed by atoms with Gasteiger partial charge in [-0.05, 0) is 29.7 Å². The summed E-state index contributed by atoms with van der Waals surface area (Å²) in [5.74, 6) is 0.477. The molecule has 0 aromatic heterocycles. The molecule has 5 atom stereocenters. The molecule has 1 N–H and O–H groups in total. The molecule has 1 aliphatic heterocycles. The number of hydrogen-bond acceptors (Lipinski definition) is 2. The second-order valence-corrected chi connectivity index (χ2v) is 7.40. The quantitative estimate of drug-likeness (QED) is 0.784. The van der Waals surface area contributed by atoms with Crippen molar-refractivity contribution in [1.29, 1.82) is 0 Å². The van der Waals surface area contributed by atoms with E-state index >= 15 is 0 Å². The van der Waals surface area contributed by atoms with Gasteiger partial charge in [0.25, 0.3) is 0 Å². The van der Waals surface area contributed by atoms with Gasteiger partial charge >= 0.3 is 0 Å². The second kappa shape index (κ2) is 3.24. The van der Waals surface area contributed by atoms with Crippen molar-refractivity contribution in [2.45, 2.75) is 51.4 Å². The highest BCUT2D eigenvalue weighted by atomic mass is 16.6. The third-order valence-corrected chi connectivity index (χ3v) is 6.65. The molecular weight excluding hydrogens is 236 g/mol. The smallest absolute Gasteiger partial charge is 0.129 e. The Hall–Kier alpha value is -0.860. The van der Waals surface area contributed by atoms with Crippen LogP contribution in [0.1, 0.15) is 45.3 Å². The van der Waals surface area contributed by atoms with Crippen LogP contribution < -0.4 is 0 Å². The first-order valence-corrected chi connectivity index (χ1v) is 7.35. The first-order chi connectivity index (χ1) is 8.94. The van der Waals surface area contributed by atoms with Crippen molar-refractivity contribution < 1.29 is 9.84 Å². The van der Waals surface area contributed by atoms with Crippen LogP contribution in [0.15, 0.2) is 30.3 Å². The zero-order chi connectivity index (χ0) is 13.5. The van der Waals surface area contributed by atoms with Crippen LogP contribution in [0, 0.1) is 16.7 Å². The molecule has 2 aliphatic carbocycles. The number of aliphatic hydroxyl groups excluding tert-OH is 1. The summed E-state index contributed by atoms with van der Waals surface area (Å²) in [6, 6.07) is 10.4. The zero-order valence-corrected chi connectivity index (χ0v) is 11.9. The fraction of sp³-hybridized carbons (Fsp3) is 0.647. The van der Waals surface area contributed by atoms with Crippen LogP contribution in [0.3, 0.4) is 0 Å². The van der Waals surface area contributed by atoms with Gasteiger partial charge in [-0.25, -0.2) is 0 Å². The van der Waals surface area contributed by atoms with Crippen molar-refractivity contribution >= 4 is 0 Å².